The van der Waals surface area contributed by atoms with Gasteiger partial charge in [0.2, 0.25) is 11.8 Å². The number of thiazole rings is 1. The zero-order valence-electron chi connectivity index (χ0n) is 19.6. The highest BCUT2D eigenvalue weighted by molar-refractivity contribution is 7.13. The van der Waals surface area contributed by atoms with Gasteiger partial charge in [0.1, 0.15) is 22.3 Å². The number of aromatic nitrogens is 3. The first-order valence-corrected chi connectivity index (χ1v) is 12.1. The zero-order chi connectivity index (χ0) is 24.1. The molecule has 11 heteroatoms. The number of anilines is 1. The number of amides is 2. The SMILES string of the molecule is Cc1ccc(-c2nc(NC(=O)CN3CCN(CC(=O)NC(C)C)CC3)cc(-c3nccs3)n2)o1. The summed E-state index contributed by atoms with van der Waals surface area (Å²) < 4.78 is 5.69. The van der Waals surface area contributed by atoms with Gasteiger partial charge in [-0.3, -0.25) is 19.4 Å². The monoisotopic (exact) mass is 483 g/mol. The van der Waals surface area contributed by atoms with E-state index in [1.165, 1.54) is 11.3 Å². The molecule has 0 aliphatic carbocycles. The third kappa shape index (κ3) is 6.46. The summed E-state index contributed by atoms with van der Waals surface area (Å²) in [5.74, 6) is 1.95. The molecule has 4 rings (SSSR count). The van der Waals surface area contributed by atoms with Crippen molar-refractivity contribution < 1.29 is 14.0 Å². The molecule has 0 aromatic carbocycles. The van der Waals surface area contributed by atoms with Crippen LogP contribution >= 0.6 is 11.3 Å². The molecule has 4 heterocycles. The highest BCUT2D eigenvalue weighted by Gasteiger charge is 2.21. The van der Waals surface area contributed by atoms with Crippen molar-refractivity contribution in [2.45, 2.75) is 26.8 Å². The van der Waals surface area contributed by atoms with Crippen LogP contribution in [0.4, 0.5) is 5.82 Å². The van der Waals surface area contributed by atoms with E-state index in [0.29, 0.717) is 42.7 Å². The number of hydrogen-bond donors (Lipinski definition) is 2. The number of aryl methyl sites for hydroxylation is 1. The Bertz CT molecular complexity index is 1120. The number of carbonyl (C=O) groups excluding carboxylic acids is 2. The second-order valence-corrected chi connectivity index (χ2v) is 9.43. The Balaban J connectivity index is 1.37. The molecule has 3 aromatic heterocycles. The maximum absolute atomic E-state index is 12.8. The summed E-state index contributed by atoms with van der Waals surface area (Å²) in [7, 11) is 0. The summed E-state index contributed by atoms with van der Waals surface area (Å²) in [5.41, 5.74) is 0.623. The average molecular weight is 484 g/mol. The highest BCUT2D eigenvalue weighted by atomic mass is 32.1. The second-order valence-electron chi connectivity index (χ2n) is 8.53. The van der Waals surface area contributed by atoms with E-state index >= 15 is 0 Å². The molecular weight excluding hydrogens is 454 g/mol. The average Bonchev–Trinajstić information content (AvgIpc) is 3.46. The quantitative estimate of drug-likeness (QED) is 0.501. The number of carbonyl (C=O) groups is 2. The Morgan fingerprint density at radius 2 is 1.79 bits per heavy atom. The van der Waals surface area contributed by atoms with Gasteiger partial charge in [-0.05, 0) is 32.9 Å². The van der Waals surface area contributed by atoms with Crippen molar-refractivity contribution >= 4 is 29.0 Å². The molecule has 0 unspecified atom stereocenters. The minimum absolute atomic E-state index is 0.0311. The smallest absolute Gasteiger partial charge is 0.239 e. The van der Waals surface area contributed by atoms with E-state index in [1.807, 2.05) is 38.3 Å². The van der Waals surface area contributed by atoms with Crippen LogP contribution < -0.4 is 10.6 Å². The molecule has 0 saturated carbocycles. The molecule has 1 aliphatic heterocycles. The summed E-state index contributed by atoms with van der Waals surface area (Å²) >= 11 is 1.46. The van der Waals surface area contributed by atoms with Crippen molar-refractivity contribution in [3.05, 3.63) is 35.5 Å². The number of nitrogens with zero attached hydrogens (tertiary/aromatic N) is 5. The van der Waals surface area contributed by atoms with Gasteiger partial charge in [0.15, 0.2) is 11.6 Å². The fourth-order valence-electron chi connectivity index (χ4n) is 3.70. The van der Waals surface area contributed by atoms with Gasteiger partial charge >= 0.3 is 0 Å². The van der Waals surface area contributed by atoms with E-state index < -0.39 is 0 Å². The largest absolute Gasteiger partial charge is 0.458 e. The summed E-state index contributed by atoms with van der Waals surface area (Å²) in [6.45, 7) is 9.29. The molecule has 0 bridgehead atoms. The van der Waals surface area contributed by atoms with E-state index in [4.69, 9.17) is 4.42 Å². The maximum Gasteiger partial charge on any atom is 0.239 e. The van der Waals surface area contributed by atoms with E-state index in [2.05, 4.69) is 35.4 Å². The Labute approximate surface area is 202 Å². The van der Waals surface area contributed by atoms with E-state index in [9.17, 15) is 9.59 Å². The summed E-state index contributed by atoms with van der Waals surface area (Å²) in [5, 5.41) is 8.42. The lowest BCUT2D eigenvalue weighted by molar-refractivity contribution is -0.124. The third-order valence-electron chi connectivity index (χ3n) is 5.25. The van der Waals surface area contributed by atoms with Crippen molar-refractivity contribution in [2.24, 2.45) is 0 Å². The third-order valence-corrected chi connectivity index (χ3v) is 6.05. The minimum Gasteiger partial charge on any atom is -0.458 e. The summed E-state index contributed by atoms with van der Waals surface area (Å²) in [6, 6.07) is 5.51. The van der Waals surface area contributed by atoms with Crippen LogP contribution in [0.1, 0.15) is 19.6 Å². The number of nitrogens with one attached hydrogen (secondary N) is 2. The number of rotatable bonds is 8. The van der Waals surface area contributed by atoms with Gasteiger partial charge in [0.25, 0.3) is 0 Å². The van der Waals surface area contributed by atoms with Gasteiger partial charge in [-0.2, -0.15) is 0 Å². The minimum atomic E-state index is -0.156. The summed E-state index contributed by atoms with van der Waals surface area (Å²) in [6.07, 6.45) is 1.71. The van der Waals surface area contributed by atoms with Crippen LogP contribution in [0, 0.1) is 6.92 Å². The van der Waals surface area contributed by atoms with Crippen LogP contribution in [0.15, 0.2) is 34.2 Å². The van der Waals surface area contributed by atoms with Crippen molar-refractivity contribution in [3.63, 3.8) is 0 Å². The fourth-order valence-corrected chi connectivity index (χ4v) is 4.30. The van der Waals surface area contributed by atoms with E-state index in [-0.39, 0.29) is 24.4 Å². The summed E-state index contributed by atoms with van der Waals surface area (Å²) in [4.78, 5) is 42.3. The molecule has 180 valence electrons. The maximum atomic E-state index is 12.8. The van der Waals surface area contributed by atoms with E-state index in [0.717, 1.165) is 23.9 Å². The fraction of sp³-hybridized carbons (Fsp3) is 0.435. The first-order valence-electron chi connectivity index (χ1n) is 11.3. The van der Waals surface area contributed by atoms with Gasteiger partial charge in [0, 0.05) is 49.9 Å². The van der Waals surface area contributed by atoms with Crippen LogP contribution in [0.25, 0.3) is 22.3 Å². The number of furan rings is 1. The Hall–Kier alpha value is -3.15. The van der Waals surface area contributed by atoms with Crippen LogP contribution in [0.2, 0.25) is 0 Å². The Morgan fingerprint density at radius 3 is 2.38 bits per heavy atom. The van der Waals surface area contributed by atoms with Crippen molar-refractivity contribution in [3.8, 4) is 22.3 Å². The lowest BCUT2D eigenvalue weighted by Crippen LogP contribution is -2.51. The first-order chi connectivity index (χ1) is 16.4. The molecule has 1 aliphatic rings. The van der Waals surface area contributed by atoms with Crippen molar-refractivity contribution in [1.29, 1.82) is 0 Å². The first kappa shape index (κ1) is 24.0. The van der Waals surface area contributed by atoms with Gasteiger partial charge in [-0.25, -0.2) is 15.0 Å². The Kier molecular flexibility index (Phi) is 7.66. The van der Waals surface area contributed by atoms with Crippen LogP contribution in [0.3, 0.4) is 0 Å². The molecule has 0 atom stereocenters. The molecular formula is C23H29N7O3S. The van der Waals surface area contributed by atoms with Gasteiger partial charge in [-0.1, -0.05) is 0 Å². The number of piperazine rings is 1. The molecule has 34 heavy (non-hydrogen) atoms. The second kappa shape index (κ2) is 10.9. The van der Waals surface area contributed by atoms with Gasteiger partial charge in [-0.15, -0.1) is 11.3 Å². The lowest BCUT2D eigenvalue weighted by atomic mass is 10.3. The highest BCUT2D eigenvalue weighted by Crippen LogP contribution is 2.26. The normalized spacial score (nSPS) is 14.9. The zero-order valence-corrected chi connectivity index (χ0v) is 20.4. The molecule has 0 radical (unpaired) electrons. The molecule has 2 amide bonds. The van der Waals surface area contributed by atoms with E-state index in [1.54, 1.807) is 12.3 Å². The standard InChI is InChI=1S/C23H29N7O3S/c1-15(2)25-20(31)13-29-7-9-30(10-8-29)14-21(32)27-19-12-17(23-24-6-11-34-23)26-22(28-19)18-5-4-16(3)33-18/h4-6,11-12,15H,7-10,13-14H2,1-3H3,(H,25,31)(H,26,27,28,32). The van der Waals surface area contributed by atoms with Crippen LogP contribution in [-0.2, 0) is 9.59 Å². The molecule has 2 N–H and O–H groups in total. The molecule has 10 nitrogen and oxygen atoms in total. The topological polar surface area (TPSA) is 116 Å². The molecule has 1 fully saturated rings. The Morgan fingerprint density at radius 1 is 1.09 bits per heavy atom. The van der Waals surface area contributed by atoms with Crippen LogP contribution in [0.5, 0.6) is 0 Å². The van der Waals surface area contributed by atoms with Crippen molar-refractivity contribution in [2.75, 3.05) is 44.6 Å². The molecule has 1 saturated heterocycles. The predicted molar refractivity (Wildman–Crippen MR) is 130 cm³/mol. The van der Waals surface area contributed by atoms with Crippen molar-refractivity contribution in [1.82, 2.24) is 30.1 Å². The van der Waals surface area contributed by atoms with Gasteiger partial charge < -0.3 is 15.1 Å². The molecule has 3 aromatic rings. The van der Waals surface area contributed by atoms with Crippen LogP contribution in [-0.4, -0.2) is 81.9 Å². The molecule has 0 spiro atoms. The van der Waals surface area contributed by atoms with Gasteiger partial charge in [0.05, 0.1) is 13.1 Å². The lowest BCUT2D eigenvalue weighted by Gasteiger charge is -2.33. The predicted octanol–water partition coefficient (Wildman–Crippen LogP) is 2.25. The number of hydrogen-bond acceptors (Lipinski definition) is 9.